The third kappa shape index (κ3) is 5.28. The van der Waals surface area contributed by atoms with Gasteiger partial charge in [-0.25, -0.2) is 0 Å². The lowest BCUT2D eigenvalue weighted by Gasteiger charge is -2.09. The summed E-state index contributed by atoms with van der Waals surface area (Å²) in [6.45, 7) is 0.742. The maximum Gasteiger partial charge on any atom is 0.0456 e. The Bertz CT molecular complexity index is 1070. The summed E-state index contributed by atoms with van der Waals surface area (Å²) in [5.41, 5.74) is 12.9. The van der Waals surface area contributed by atoms with E-state index in [1.807, 2.05) is 12.3 Å². The van der Waals surface area contributed by atoms with Crippen LogP contribution in [0.15, 0.2) is 73.1 Å². The summed E-state index contributed by atoms with van der Waals surface area (Å²) in [5, 5.41) is 4.84. The molecule has 0 bridgehead atoms. The number of para-hydroxylation sites is 1. The van der Waals surface area contributed by atoms with Gasteiger partial charge in [-0.1, -0.05) is 30.3 Å². The molecule has 0 fully saturated rings. The maximum absolute atomic E-state index is 5.58. The first kappa shape index (κ1) is 20.2. The third-order valence-corrected chi connectivity index (χ3v) is 5.53. The summed E-state index contributed by atoms with van der Waals surface area (Å²) in [6, 6.07) is 21.4. The number of aromatic nitrogens is 2. The Morgan fingerprint density at radius 2 is 1.70 bits per heavy atom. The molecular weight excluding hydrogens is 368 g/mol. The molecule has 0 saturated heterocycles. The van der Waals surface area contributed by atoms with Crippen LogP contribution in [0.3, 0.4) is 0 Å². The Hall–Kier alpha value is -3.11. The van der Waals surface area contributed by atoms with Crippen LogP contribution in [0.5, 0.6) is 0 Å². The van der Waals surface area contributed by atoms with Gasteiger partial charge in [-0.2, -0.15) is 0 Å². The zero-order valence-electron chi connectivity index (χ0n) is 17.4. The minimum atomic E-state index is 0.742. The number of anilines is 2. The van der Waals surface area contributed by atoms with E-state index in [-0.39, 0.29) is 0 Å². The average Bonchev–Trinajstić information content (AvgIpc) is 3.19. The first-order valence-corrected chi connectivity index (χ1v) is 10.9. The molecule has 4 N–H and O–H groups in total. The van der Waals surface area contributed by atoms with Gasteiger partial charge in [0.1, 0.15) is 0 Å². The number of rotatable bonds is 10. The summed E-state index contributed by atoms with van der Waals surface area (Å²) < 4.78 is 0. The van der Waals surface area contributed by atoms with Crippen LogP contribution in [0, 0.1) is 0 Å². The average molecular weight is 399 g/mol. The van der Waals surface area contributed by atoms with E-state index in [1.54, 1.807) is 0 Å². The lowest BCUT2D eigenvalue weighted by molar-refractivity contribution is 0.733. The molecule has 0 saturated carbocycles. The van der Waals surface area contributed by atoms with Gasteiger partial charge in [-0.3, -0.25) is 4.98 Å². The van der Waals surface area contributed by atoms with E-state index in [0.29, 0.717) is 0 Å². The van der Waals surface area contributed by atoms with Gasteiger partial charge in [-0.05, 0) is 86.5 Å². The second-order valence-corrected chi connectivity index (χ2v) is 7.82. The number of aryl methyl sites for hydroxylation is 3. The quantitative estimate of drug-likeness (QED) is 0.297. The SMILES string of the molecule is NCCCCc1cc(Nc2ccc(CCCc3c[nH]c4ccccc34)cc2)ccn1. The van der Waals surface area contributed by atoms with E-state index >= 15 is 0 Å². The summed E-state index contributed by atoms with van der Waals surface area (Å²) in [7, 11) is 0. The normalized spacial score (nSPS) is 11.1. The number of aromatic amines is 1. The molecule has 154 valence electrons. The number of nitrogens with one attached hydrogen (secondary N) is 2. The van der Waals surface area contributed by atoms with Gasteiger partial charge in [0.15, 0.2) is 0 Å². The van der Waals surface area contributed by atoms with Crippen LogP contribution in [0.4, 0.5) is 11.4 Å². The molecule has 0 aliphatic carbocycles. The van der Waals surface area contributed by atoms with Crippen LogP contribution in [0.25, 0.3) is 10.9 Å². The lowest BCUT2D eigenvalue weighted by Crippen LogP contribution is -2.00. The molecule has 4 heteroatoms. The van der Waals surface area contributed by atoms with E-state index in [4.69, 9.17) is 5.73 Å². The zero-order valence-corrected chi connectivity index (χ0v) is 17.4. The predicted molar refractivity (Wildman–Crippen MR) is 126 cm³/mol. The largest absolute Gasteiger partial charge is 0.361 e. The monoisotopic (exact) mass is 398 g/mol. The van der Waals surface area contributed by atoms with Gasteiger partial charge in [0, 0.05) is 40.4 Å². The smallest absolute Gasteiger partial charge is 0.0456 e. The van der Waals surface area contributed by atoms with Gasteiger partial charge in [0.25, 0.3) is 0 Å². The lowest BCUT2D eigenvalue weighted by atomic mass is 10.0. The molecular formula is C26H30N4. The van der Waals surface area contributed by atoms with Crippen molar-refractivity contribution in [2.24, 2.45) is 5.73 Å². The topological polar surface area (TPSA) is 66.7 Å². The number of unbranched alkanes of at least 4 members (excludes halogenated alkanes) is 1. The number of hydrogen-bond acceptors (Lipinski definition) is 3. The van der Waals surface area contributed by atoms with Crippen molar-refractivity contribution >= 4 is 22.3 Å². The van der Waals surface area contributed by atoms with Crippen molar-refractivity contribution in [3.63, 3.8) is 0 Å². The van der Waals surface area contributed by atoms with Crippen LogP contribution in [0.2, 0.25) is 0 Å². The molecule has 4 rings (SSSR count). The molecule has 0 amide bonds. The predicted octanol–water partition coefficient (Wildman–Crippen LogP) is 5.76. The van der Waals surface area contributed by atoms with Crippen LogP contribution in [-0.4, -0.2) is 16.5 Å². The van der Waals surface area contributed by atoms with E-state index in [2.05, 4.69) is 76.1 Å². The Balaban J connectivity index is 1.29. The van der Waals surface area contributed by atoms with E-state index < -0.39 is 0 Å². The van der Waals surface area contributed by atoms with E-state index in [9.17, 15) is 0 Å². The van der Waals surface area contributed by atoms with E-state index in [0.717, 1.165) is 62.1 Å². The first-order valence-electron chi connectivity index (χ1n) is 10.9. The fraction of sp³-hybridized carbons (Fsp3) is 0.269. The fourth-order valence-corrected chi connectivity index (χ4v) is 3.89. The highest BCUT2D eigenvalue weighted by Crippen LogP contribution is 2.21. The summed E-state index contributed by atoms with van der Waals surface area (Å²) in [5.74, 6) is 0. The van der Waals surface area contributed by atoms with Crippen molar-refractivity contribution in [1.82, 2.24) is 9.97 Å². The number of fused-ring (bicyclic) bond motifs is 1. The fourth-order valence-electron chi connectivity index (χ4n) is 3.89. The molecule has 0 unspecified atom stereocenters. The van der Waals surface area contributed by atoms with Crippen molar-refractivity contribution in [3.8, 4) is 0 Å². The first-order chi connectivity index (χ1) is 14.8. The second kappa shape index (κ2) is 10.1. The molecule has 2 aromatic carbocycles. The molecule has 0 spiro atoms. The van der Waals surface area contributed by atoms with Gasteiger partial charge in [0.05, 0.1) is 0 Å². The molecule has 0 aliphatic rings. The van der Waals surface area contributed by atoms with Crippen LogP contribution in [-0.2, 0) is 19.3 Å². The number of hydrogen-bond donors (Lipinski definition) is 3. The molecule has 30 heavy (non-hydrogen) atoms. The molecule has 4 aromatic rings. The van der Waals surface area contributed by atoms with Crippen molar-refractivity contribution in [2.45, 2.75) is 38.5 Å². The molecule has 0 atom stereocenters. The number of nitrogens with two attached hydrogens (primary N) is 1. The molecule has 0 aliphatic heterocycles. The van der Waals surface area contributed by atoms with Crippen molar-refractivity contribution < 1.29 is 0 Å². The van der Waals surface area contributed by atoms with Crippen LogP contribution in [0.1, 0.15) is 36.1 Å². The van der Waals surface area contributed by atoms with E-state index in [1.165, 1.54) is 22.0 Å². The number of pyridine rings is 1. The third-order valence-electron chi connectivity index (χ3n) is 5.53. The molecule has 4 nitrogen and oxygen atoms in total. The Morgan fingerprint density at radius 3 is 2.57 bits per heavy atom. The highest BCUT2D eigenvalue weighted by molar-refractivity contribution is 5.83. The molecule has 2 aromatic heterocycles. The maximum atomic E-state index is 5.58. The zero-order chi connectivity index (χ0) is 20.6. The highest BCUT2D eigenvalue weighted by Gasteiger charge is 2.04. The van der Waals surface area contributed by atoms with Crippen LogP contribution < -0.4 is 11.1 Å². The Kier molecular flexibility index (Phi) is 6.78. The Morgan fingerprint density at radius 1 is 0.833 bits per heavy atom. The standard InChI is InChI=1S/C26H30N4/c27-16-4-3-8-23-18-24(15-17-28-23)30-22-13-11-20(12-14-22)6-5-7-21-19-29-26-10-2-1-9-25(21)26/h1-2,9-15,17-19,29H,3-8,16,27H2,(H,28,30). The molecule has 2 heterocycles. The van der Waals surface area contributed by atoms with Gasteiger partial charge in [-0.15, -0.1) is 0 Å². The van der Waals surface area contributed by atoms with Crippen molar-refractivity contribution in [2.75, 3.05) is 11.9 Å². The summed E-state index contributed by atoms with van der Waals surface area (Å²) >= 11 is 0. The molecule has 0 radical (unpaired) electrons. The summed E-state index contributed by atoms with van der Waals surface area (Å²) in [6.07, 6.45) is 10.4. The summed E-state index contributed by atoms with van der Waals surface area (Å²) in [4.78, 5) is 7.82. The van der Waals surface area contributed by atoms with Crippen molar-refractivity contribution in [1.29, 1.82) is 0 Å². The highest BCUT2D eigenvalue weighted by atomic mass is 14.9. The number of nitrogens with zero attached hydrogens (tertiary/aromatic N) is 1. The Labute approximate surface area is 178 Å². The second-order valence-electron chi connectivity index (χ2n) is 7.82. The number of H-pyrrole nitrogens is 1. The minimum Gasteiger partial charge on any atom is -0.361 e. The van der Waals surface area contributed by atoms with Gasteiger partial charge < -0.3 is 16.0 Å². The van der Waals surface area contributed by atoms with Crippen molar-refractivity contribution in [3.05, 3.63) is 89.9 Å². The number of benzene rings is 2. The van der Waals surface area contributed by atoms with Gasteiger partial charge in [0.2, 0.25) is 0 Å². The van der Waals surface area contributed by atoms with Crippen LogP contribution >= 0.6 is 0 Å². The minimum absolute atomic E-state index is 0.742. The van der Waals surface area contributed by atoms with Gasteiger partial charge >= 0.3 is 0 Å².